The lowest BCUT2D eigenvalue weighted by Gasteiger charge is -2.30. The molecule has 162 valence electrons. The Labute approximate surface area is 174 Å². The molecule has 0 amide bonds. The minimum absolute atomic E-state index is 0.0338. The van der Waals surface area contributed by atoms with E-state index < -0.39 is 22.8 Å². The van der Waals surface area contributed by atoms with Gasteiger partial charge in [-0.25, -0.2) is 9.59 Å². The molecule has 0 bridgehead atoms. The first-order valence-corrected chi connectivity index (χ1v) is 9.57. The Morgan fingerprint density at radius 1 is 1.07 bits per heavy atom. The molecule has 1 aromatic rings. The first-order chi connectivity index (χ1) is 14.3. The maximum Gasteiger partial charge on any atom is 0.336 e. The molecule has 30 heavy (non-hydrogen) atoms. The smallest absolute Gasteiger partial charge is 0.336 e. The van der Waals surface area contributed by atoms with Gasteiger partial charge in [0, 0.05) is 30.6 Å². The molecule has 0 spiro atoms. The fraction of sp³-hybridized carbons (Fsp3) is 0.429. The number of nitrogens with zero attached hydrogens (tertiary/aromatic N) is 1. The zero-order valence-corrected chi connectivity index (χ0v) is 17.5. The maximum atomic E-state index is 12.9. The number of carbonyl (C=O) groups is 2. The summed E-state index contributed by atoms with van der Waals surface area (Å²) in [4.78, 5) is 36.5. The normalized spacial score (nSPS) is 16.2. The van der Waals surface area contributed by atoms with Crippen molar-refractivity contribution in [2.75, 3.05) is 26.9 Å². The van der Waals surface area contributed by atoms with Crippen LogP contribution in [0.3, 0.4) is 0 Å². The quantitative estimate of drug-likeness (QED) is 0.281. The van der Waals surface area contributed by atoms with Gasteiger partial charge in [0.1, 0.15) is 6.61 Å². The summed E-state index contributed by atoms with van der Waals surface area (Å²) in [5, 5.41) is 14.3. The van der Waals surface area contributed by atoms with Gasteiger partial charge in [0.05, 0.1) is 35.2 Å². The summed E-state index contributed by atoms with van der Waals surface area (Å²) < 4.78 is 15.5. The summed E-state index contributed by atoms with van der Waals surface area (Å²) in [5.41, 5.74) is 1.70. The average molecular weight is 418 g/mol. The second-order valence-corrected chi connectivity index (χ2v) is 6.75. The summed E-state index contributed by atoms with van der Waals surface area (Å²) in [7, 11) is 1.49. The first-order valence-electron chi connectivity index (χ1n) is 9.57. The summed E-state index contributed by atoms with van der Waals surface area (Å²) in [6.07, 6.45) is 0.633. The number of allylic oxidation sites excluding steroid dienone is 2. The number of hydrogen-bond donors (Lipinski definition) is 1. The van der Waals surface area contributed by atoms with Gasteiger partial charge in [-0.3, -0.25) is 10.1 Å². The van der Waals surface area contributed by atoms with Crippen molar-refractivity contribution >= 4 is 17.6 Å². The number of dihydropyridines is 1. The van der Waals surface area contributed by atoms with Crippen LogP contribution in [0.5, 0.6) is 0 Å². The number of ether oxygens (including phenoxy) is 3. The van der Waals surface area contributed by atoms with E-state index in [0.717, 1.165) is 0 Å². The molecule has 1 atom stereocenters. The highest BCUT2D eigenvalue weighted by atomic mass is 16.6. The fourth-order valence-corrected chi connectivity index (χ4v) is 3.25. The van der Waals surface area contributed by atoms with Gasteiger partial charge < -0.3 is 19.5 Å². The summed E-state index contributed by atoms with van der Waals surface area (Å²) in [6.45, 7) is 5.72. The van der Waals surface area contributed by atoms with E-state index in [1.807, 2.05) is 6.92 Å². The topological polar surface area (TPSA) is 117 Å². The van der Waals surface area contributed by atoms with Crippen molar-refractivity contribution in [3.05, 3.63) is 62.5 Å². The molecule has 0 radical (unpaired) electrons. The van der Waals surface area contributed by atoms with Crippen LogP contribution in [0.2, 0.25) is 0 Å². The van der Waals surface area contributed by atoms with Crippen molar-refractivity contribution in [1.82, 2.24) is 5.32 Å². The summed E-state index contributed by atoms with van der Waals surface area (Å²) in [5.74, 6) is -2.10. The predicted molar refractivity (Wildman–Crippen MR) is 108 cm³/mol. The van der Waals surface area contributed by atoms with Gasteiger partial charge in [0.25, 0.3) is 5.69 Å². The zero-order valence-electron chi connectivity index (χ0n) is 17.5. The molecule has 0 saturated heterocycles. The lowest BCUT2D eigenvalue weighted by molar-refractivity contribution is -0.384. The van der Waals surface area contributed by atoms with E-state index in [0.29, 0.717) is 23.4 Å². The van der Waals surface area contributed by atoms with Crippen LogP contribution in [0.15, 0.2) is 46.8 Å². The number of hydrogen-bond acceptors (Lipinski definition) is 8. The zero-order chi connectivity index (χ0) is 22.3. The van der Waals surface area contributed by atoms with Crippen LogP contribution >= 0.6 is 0 Å². The number of benzene rings is 1. The van der Waals surface area contributed by atoms with Gasteiger partial charge >= 0.3 is 11.9 Å². The van der Waals surface area contributed by atoms with Crippen molar-refractivity contribution in [2.24, 2.45) is 0 Å². The molecule has 0 aliphatic carbocycles. The van der Waals surface area contributed by atoms with Crippen LogP contribution in [-0.4, -0.2) is 43.8 Å². The van der Waals surface area contributed by atoms with Gasteiger partial charge in [0.15, 0.2) is 0 Å². The van der Waals surface area contributed by atoms with Crippen molar-refractivity contribution in [3.8, 4) is 0 Å². The Balaban J connectivity index is 2.57. The number of esters is 2. The second kappa shape index (κ2) is 10.5. The monoisotopic (exact) mass is 418 g/mol. The Hall–Kier alpha value is -3.20. The molecule has 1 unspecified atom stereocenters. The molecule has 0 saturated carbocycles. The van der Waals surface area contributed by atoms with Gasteiger partial charge in [-0.2, -0.15) is 0 Å². The largest absolute Gasteiger partial charge is 0.462 e. The second-order valence-electron chi connectivity index (χ2n) is 6.75. The first kappa shape index (κ1) is 23.1. The van der Waals surface area contributed by atoms with Crippen molar-refractivity contribution in [1.29, 1.82) is 0 Å². The summed E-state index contributed by atoms with van der Waals surface area (Å²) in [6, 6.07) is 5.86. The molecule has 9 heteroatoms. The van der Waals surface area contributed by atoms with Crippen molar-refractivity contribution in [2.45, 2.75) is 33.1 Å². The highest BCUT2D eigenvalue weighted by Crippen LogP contribution is 2.40. The third-order valence-electron chi connectivity index (χ3n) is 4.57. The predicted octanol–water partition coefficient (Wildman–Crippen LogP) is 2.97. The Bertz CT molecular complexity index is 889. The van der Waals surface area contributed by atoms with Gasteiger partial charge in [-0.15, -0.1) is 0 Å². The van der Waals surface area contributed by atoms with E-state index in [1.54, 1.807) is 19.9 Å². The number of nitro groups is 1. The van der Waals surface area contributed by atoms with Crippen LogP contribution in [-0.2, 0) is 23.8 Å². The van der Waals surface area contributed by atoms with Gasteiger partial charge in [-0.1, -0.05) is 19.1 Å². The van der Waals surface area contributed by atoms with E-state index in [9.17, 15) is 19.7 Å². The highest BCUT2D eigenvalue weighted by Gasteiger charge is 2.38. The molecule has 1 aliphatic heterocycles. The lowest BCUT2D eigenvalue weighted by atomic mass is 9.80. The van der Waals surface area contributed by atoms with E-state index in [-0.39, 0.29) is 36.7 Å². The molecule has 2 rings (SSSR count). The van der Waals surface area contributed by atoms with Crippen LogP contribution in [0, 0.1) is 10.1 Å². The third kappa shape index (κ3) is 5.24. The standard InChI is InChI=1S/C21H26N2O7/c1-5-9-29-20(24)17-13(2)22-14(3)18(21(25)30-11-10-28-4)19(17)15-7-6-8-16(12-15)23(26)27/h6-8,12,19,22H,5,9-11H2,1-4H3. The third-order valence-corrected chi connectivity index (χ3v) is 4.57. The van der Waals surface area contributed by atoms with Crippen LogP contribution in [0.25, 0.3) is 0 Å². The Morgan fingerprint density at radius 2 is 1.67 bits per heavy atom. The van der Waals surface area contributed by atoms with E-state index in [4.69, 9.17) is 14.2 Å². The SMILES string of the molecule is CCCOC(=O)C1=C(C)NC(C)=C(C(=O)OCCOC)C1c1cccc([N+](=O)[O-])c1. The van der Waals surface area contributed by atoms with Crippen molar-refractivity contribution in [3.63, 3.8) is 0 Å². The maximum absolute atomic E-state index is 12.9. The number of nitro benzene ring substituents is 1. The minimum atomic E-state index is -0.870. The molecule has 1 N–H and O–H groups in total. The highest BCUT2D eigenvalue weighted by molar-refractivity contribution is 5.99. The number of rotatable bonds is 9. The summed E-state index contributed by atoms with van der Waals surface area (Å²) >= 11 is 0. The molecule has 1 heterocycles. The Kier molecular flexibility index (Phi) is 8.11. The van der Waals surface area contributed by atoms with Gasteiger partial charge in [0.2, 0.25) is 0 Å². The molecular formula is C21H26N2O7. The average Bonchev–Trinajstić information content (AvgIpc) is 2.71. The molecule has 0 aromatic heterocycles. The van der Waals surface area contributed by atoms with Crippen LogP contribution in [0.4, 0.5) is 5.69 Å². The fourth-order valence-electron chi connectivity index (χ4n) is 3.25. The number of methoxy groups -OCH3 is 1. The van der Waals surface area contributed by atoms with Crippen LogP contribution in [0.1, 0.15) is 38.7 Å². The van der Waals surface area contributed by atoms with Crippen molar-refractivity contribution < 1.29 is 28.7 Å². The number of non-ortho nitro benzene ring substituents is 1. The van der Waals surface area contributed by atoms with E-state index in [1.165, 1.54) is 25.3 Å². The van der Waals surface area contributed by atoms with Crippen LogP contribution < -0.4 is 5.32 Å². The molecule has 1 aromatic carbocycles. The number of carbonyl (C=O) groups excluding carboxylic acids is 2. The lowest BCUT2D eigenvalue weighted by Crippen LogP contribution is -2.33. The van der Waals surface area contributed by atoms with E-state index >= 15 is 0 Å². The number of nitrogens with one attached hydrogen (secondary N) is 1. The van der Waals surface area contributed by atoms with Gasteiger partial charge in [-0.05, 0) is 25.8 Å². The molecule has 0 fully saturated rings. The Morgan fingerprint density at radius 3 is 2.20 bits per heavy atom. The minimum Gasteiger partial charge on any atom is -0.462 e. The molecule has 1 aliphatic rings. The van der Waals surface area contributed by atoms with E-state index in [2.05, 4.69) is 5.32 Å². The molecule has 9 nitrogen and oxygen atoms in total. The molecular weight excluding hydrogens is 392 g/mol.